The minimum absolute atomic E-state index is 0.0298. The molecular weight excluding hydrogens is 234 g/mol. The third-order valence-corrected chi connectivity index (χ3v) is 5.91. The van der Waals surface area contributed by atoms with E-state index in [1.165, 1.54) is 51.4 Å². The minimum atomic E-state index is -0.0298. The van der Waals surface area contributed by atoms with Crippen molar-refractivity contribution >= 4 is 0 Å². The van der Waals surface area contributed by atoms with Crippen molar-refractivity contribution in [1.29, 1.82) is 0 Å². The number of hydrogen-bond donors (Lipinski definition) is 1. The second kappa shape index (κ2) is 6.58. The van der Waals surface area contributed by atoms with Crippen molar-refractivity contribution in [1.82, 2.24) is 0 Å². The molecule has 2 aliphatic carbocycles. The summed E-state index contributed by atoms with van der Waals surface area (Å²) in [5.74, 6) is 2.36. The number of nitrogens with two attached hydrogens (primary N) is 1. The molecule has 5 unspecified atom stereocenters. The van der Waals surface area contributed by atoms with E-state index in [4.69, 9.17) is 10.5 Å². The Kier molecular flexibility index (Phi) is 5.30. The van der Waals surface area contributed by atoms with Gasteiger partial charge in [-0.25, -0.2) is 0 Å². The van der Waals surface area contributed by atoms with Gasteiger partial charge in [-0.2, -0.15) is 0 Å². The van der Waals surface area contributed by atoms with E-state index in [9.17, 15) is 0 Å². The number of methoxy groups -OCH3 is 1. The molecule has 0 aromatic heterocycles. The maximum atomic E-state index is 6.72. The van der Waals surface area contributed by atoms with Crippen molar-refractivity contribution in [3.63, 3.8) is 0 Å². The highest BCUT2D eigenvalue weighted by molar-refractivity contribution is 4.99. The zero-order chi connectivity index (χ0) is 13.9. The van der Waals surface area contributed by atoms with E-state index in [0.29, 0.717) is 5.92 Å². The number of hydrogen-bond acceptors (Lipinski definition) is 2. The van der Waals surface area contributed by atoms with Crippen LogP contribution in [0, 0.1) is 17.8 Å². The molecule has 2 aliphatic rings. The Morgan fingerprint density at radius 1 is 1.26 bits per heavy atom. The molecule has 5 atom stereocenters. The average molecular weight is 267 g/mol. The third-order valence-electron chi connectivity index (χ3n) is 5.91. The monoisotopic (exact) mass is 267 g/mol. The molecule has 0 radical (unpaired) electrons. The molecule has 0 heterocycles. The van der Waals surface area contributed by atoms with E-state index >= 15 is 0 Å². The van der Waals surface area contributed by atoms with Gasteiger partial charge in [-0.15, -0.1) is 0 Å². The fourth-order valence-corrected chi connectivity index (χ4v) is 4.63. The molecule has 0 aliphatic heterocycles. The maximum absolute atomic E-state index is 6.72. The summed E-state index contributed by atoms with van der Waals surface area (Å²) in [4.78, 5) is 0. The molecule has 0 aromatic carbocycles. The van der Waals surface area contributed by atoms with Crippen molar-refractivity contribution in [2.45, 2.75) is 83.3 Å². The zero-order valence-electron chi connectivity index (χ0n) is 13.2. The molecule has 0 saturated heterocycles. The number of rotatable bonds is 4. The number of ether oxygens (including phenoxy) is 1. The molecule has 2 saturated carbocycles. The van der Waals surface area contributed by atoms with Gasteiger partial charge in [0.2, 0.25) is 0 Å². The quantitative estimate of drug-likeness (QED) is 0.831. The highest BCUT2D eigenvalue weighted by Gasteiger charge is 2.44. The standard InChI is InChI=1S/C17H33NO/c1-4-14-8-5-9-15(11-14)16(18)17(19-3)10-6-7-13(2)12-17/h13-16H,4-12,18H2,1-3H3. The molecule has 19 heavy (non-hydrogen) atoms. The summed E-state index contributed by atoms with van der Waals surface area (Å²) < 4.78 is 6.01. The fourth-order valence-electron chi connectivity index (χ4n) is 4.63. The smallest absolute Gasteiger partial charge is 0.0834 e. The van der Waals surface area contributed by atoms with Gasteiger partial charge in [0, 0.05) is 13.2 Å². The minimum Gasteiger partial charge on any atom is -0.377 e. The SMILES string of the molecule is CCC1CCCC(C(N)C2(OC)CCCC(C)C2)C1. The van der Waals surface area contributed by atoms with Crippen LogP contribution in [0.3, 0.4) is 0 Å². The molecule has 0 spiro atoms. The fraction of sp³-hybridized carbons (Fsp3) is 1.00. The van der Waals surface area contributed by atoms with E-state index < -0.39 is 0 Å². The lowest BCUT2D eigenvalue weighted by Gasteiger charge is -2.47. The van der Waals surface area contributed by atoms with E-state index in [-0.39, 0.29) is 11.6 Å². The first-order valence-electron chi connectivity index (χ1n) is 8.42. The molecule has 0 amide bonds. The predicted octanol–water partition coefficient (Wildman–Crippen LogP) is 4.13. The van der Waals surface area contributed by atoms with Gasteiger partial charge in [-0.3, -0.25) is 0 Å². The van der Waals surface area contributed by atoms with Crippen molar-refractivity contribution in [2.75, 3.05) is 7.11 Å². The maximum Gasteiger partial charge on any atom is 0.0834 e. The summed E-state index contributed by atoms with van der Waals surface area (Å²) in [6.07, 6.45) is 11.7. The Hall–Kier alpha value is -0.0800. The summed E-state index contributed by atoms with van der Waals surface area (Å²) in [7, 11) is 1.89. The molecule has 0 bridgehead atoms. The first-order chi connectivity index (χ1) is 9.11. The molecule has 2 nitrogen and oxygen atoms in total. The molecule has 0 aromatic rings. The van der Waals surface area contributed by atoms with Crippen LogP contribution in [0.2, 0.25) is 0 Å². The van der Waals surface area contributed by atoms with Gasteiger partial charge in [0.25, 0.3) is 0 Å². The van der Waals surface area contributed by atoms with Gasteiger partial charge in [-0.1, -0.05) is 46.0 Å². The first kappa shape index (κ1) is 15.3. The van der Waals surface area contributed by atoms with Gasteiger partial charge >= 0.3 is 0 Å². The van der Waals surface area contributed by atoms with Crippen LogP contribution in [0.1, 0.15) is 71.6 Å². The average Bonchev–Trinajstić information content (AvgIpc) is 2.46. The molecule has 2 rings (SSSR count). The van der Waals surface area contributed by atoms with Crippen LogP contribution in [-0.4, -0.2) is 18.8 Å². The van der Waals surface area contributed by atoms with E-state index in [1.54, 1.807) is 0 Å². The first-order valence-corrected chi connectivity index (χ1v) is 8.42. The Morgan fingerprint density at radius 2 is 2.05 bits per heavy atom. The third kappa shape index (κ3) is 3.33. The summed E-state index contributed by atoms with van der Waals surface area (Å²) in [5, 5.41) is 0. The van der Waals surface area contributed by atoms with Gasteiger partial charge in [-0.05, 0) is 43.4 Å². The van der Waals surface area contributed by atoms with Crippen LogP contribution in [0.4, 0.5) is 0 Å². The van der Waals surface area contributed by atoms with Gasteiger partial charge in [0.1, 0.15) is 0 Å². The second-order valence-corrected chi connectivity index (χ2v) is 7.20. The Morgan fingerprint density at radius 3 is 2.68 bits per heavy atom. The van der Waals surface area contributed by atoms with Crippen LogP contribution in [0.5, 0.6) is 0 Å². The largest absolute Gasteiger partial charge is 0.377 e. The summed E-state index contributed by atoms with van der Waals surface area (Å²) in [5.41, 5.74) is 6.69. The molecule has 112 valence electrons. The second-order valence-electron chi connectivity index (χ2n) is 7.20. The normalized spacial score (nSPS) is 42.0. The zero-order valence-corrected chi connectivity index (χ0v) is 13.2. The lowest BCUT2D eigenvalue weighted by molar-refractivity contribution is -0.0878. The van der Waals surface area contributed by atoms with E-state index in [0.717, 1.165) is 18.3 Å². The van der Waals surface area contributed by atoms with Crippen LogP contribution in [0.15, 0.2) is 0 Å². The van der Waals surface area contributed by atoms with Gasteiger partial charge < -0.3 is 10.5 Å². The van der Waals surface area contributed by atoms with Crippen LogP contribution in [-0.2, 0) is 4.74 Å². The molecular formula is C17H33NO. The van der Waals surface area contributed by atoms with Crippen LogP contribution >= 0.6 is 0 Å². The Balaban J connectivity index is 2.04. The molecule has 2 heteroatoms. The Labute approximate surface area is 119 Å². The van der Waals surface area contributed by atoms with Crippen molar-refractivity contribution in [3.8, 4) is 0 Å². The predicted molar refractivity (Wildman–Crippen MR) is 81.1 cm³/mol. The van der Waals surface area contributed by atoms with Crippen LogP contribution in [0.25, 0.3) is 0 Å². The van der Waals surface area contributed by atoms with Crippen molar-refractivity contribution in [3.05, 3.63) is 0 Å². The summed E-state index contributed by atoms with van der Waals surface area (Å²) >= 11 is 0. The lowest BCUT2D eigenvalue weighted by Crippen LogP contribution is -2.56. The van der Waals surface area contributed by atoms with Crippen molar-refractivity contribution < 1.29 is 4.74 Å². The topological polar surface area (TPSA) is 35.2 Å². The van der Waals surface area contributed by atoms with Gasteiger partial charge in [0.05, 0.1) is 5.60 Å². The summed E-state index contributed by atoms with van der Waals surface area (Å²) in [6.45, 7) is 4.68. The van der Waals surface area contributed by atoms with Crippen molar-refractivity contribution in [2.24, 2.45) is 23.5 Å². The lowest BCUT2D eigenvalue weighted by atomic mass is 9.67. The highest BCUT2D eigenvalue weighted by Crippen LogP contribution is 2.42. The van der Waals surface area contributed by atoms with E-state index in [2.05, 4.69) is 13.8 Å². The van der Waals surface area contributed by atoms with E-state index in [1.807, 2.05) is 7.11 Å². The van der Waals surface area contributed by atoms with Gasteiger partial charge in [0.15, 0.2) is 0 Å². The summed E-state index contributed by atoms with van der Waals surface area (Å²) in [6, 6.07) is 0.245. The molecule has 2 fully saturated rings. The highest BCUT2D eigenvalue weighted by atomic mass is 16.5. The Bertz CT molecular complexity index is 280. The van der Waals surface area contributed by atoms with Crippen LogP contribution < -0.4 is 5.73 Å². The molecule has 2 N–H and O–H groups in total.